The monoisotopic (exact) mass is 456 g/mol. The summed E-state index contributed by atoms with van der Waals surface area (Å²) >= 11 is 0. The van der Waals surface area contributed by atoms with Crippen molar-refractivity contribution in [3.8, 4) is 0 Å². The first kappa shape index (κ1) is 21.3. The lowest BCUT2D eigenvalue weighted by Crippen LogP contribution is -2.40. The van der Waals surface area contributed by atoms with Gasteiger partial charge in [0, 0.05) is 18.3 Å². The Bertz CT molecular complexity index is 1320. The second-order valence-corrected chi connectivity index (χ2v) is 8.45. The number of fused-ring (bicyclic) bond motifs is 2. The van der Waals surface area contributed by atoms with Crippen molar-refractivity contribution in [2.75, 3.05) is 5.32 Å². The molecule has 5 rings (SSSR count). The summed E-state index contributed by atoms with van der Waals surface area (Å²) in [6, 6.07) is 10.6. The van der Waals surface area contributed by atoms with E-state index in [9.17, 15) is 18.0 Å². The molecular weight excluding hydrogens is 433 g/mol. The quantitative estimate of drug-likeness (QED) is 0.416. The number of para-hydroxylation sites is 1. The third-order valence-corrected chi connectivity index (χ3v) is 6.08. The molecule has 172 valence electrons. The number of alkyl halides is 3. The molecule has 3 aromatic heterocycles. The number of aromatic amines is 1. The smallest absolute Gasteiger partial charge is 0.368 e. The highest BCUT2D eigenvalue weighted by Crippen LogP contribution is 2.30. The first-order valence-corrected chi connectivity index (χ1v) is 10.9. The van der Waals surface area contributed by atoms with E-state index < -0.39 is 11.9 Å². The van der Waals surface area contributed by atoms with Crippen LogP contribution in [0.5, 0.6) is 0 Å². The van der Waals surface area contributed by atoms with E-state index in [1.807, 2.05) is 19.1 Å². The Kier molecular flexibility index (Phi) is 5.22. The van der Waals surface area contributed by atoms with Gasteiger partial charge >= 0.3 is 6.18 Å². The van der Waals surface area contributed by atoms with Gasteiger partial charge in [-0.2, -0.15) is 13.2 Å². The van der Waals surface area contributed by atoms with Crippen LogP contribution in [0.15, 0.2) is 42.6 Å². The van der Waals surface area contributed by atoms with Crippen molar-refractivity contribution in [1.82, 2.24) is 24.7 Å². The van der Waals surface area contributed by atoms with Gasteiger partial charge in [-0.3, -0.25) is 9.20 Å². The molecule has 1 aliphatic carbocycles. The Hall–Kier alpha value is -3.56. The van der Waals surface area contributed by atoms with E-state index >= 15 is 0 Å². The van der Waals surface area contributed by atoms with Gasteiger partial charge in [-0.15, -0.1) is 0 Å². The molecule has 7 nitrogen and oxygen atoms in total. The van der Waals surface area contributed by atoms with Crippen LogP contribution in [0.3, 0.4) is 0 Å². The molecule has 1 aliphatic rings. The van der Waals surface area contributed by atoms with Crippen molar-refractivity contribution in [3.63, 3.8) is 0 Å². The second kappa shape index (κ2) is 8.09. The molecule has 0 aliphatic heterocycles. The summed E-state index contributed by atoms with van der Waals surface area (Å²) in [5.41, 5.74) is 1.40. The average Bonchev–Trinajstić information content (AvgIpc) is 3.38. The molecule has 0 saturated heterocycles. The zero-order chi connectivity index (χ0) is 23.2. The highest BCUT2D eigenvalue weighted by Gasteiger charge is 2.34. The summed E-state index contributed by atoms with van der Waals surface area (Å²) in [5, 5.41) is 6.47. The number of benzene rings is 1. The molecule has 0 radical (unpaired) electrons. The second-order valence-electron chi connectivity index (χ2n) is 8.45. The normalized spacial score (nSPS) is 19.2. The third kappa shape index (κ3) is 4.24. The molecular formula is C23H23F3N6O. The van der Waals surface area contributed by atoms with Crippen molar-refractivity contribution in [3.05, 3.63) is 59.7 Å². The van der Waals surface area contributed by atoms with Crippen LogP contribution in [0.1, 0.15) is 47.6 Å². The van der Waals surface area contributed by atoms with Crippen LogP contribution in [-0.4, -0.2) is 37.3 Å². The van der Waals surface area contributed by atoms with E-state index in [-0.39, 0.29) is 23.6 Å². The minimum absolute atomic E-state index is 0.0377. The Labute approximate surface area is 187 Å². The standard InChI is InChI=1S/C23H23F3N6O/c1-13-27-17-5-2-4-16(21(17)28-13)22(33)30-15-10-8-14(9-11-15)29-19-6-3-7-20-31-18(12-32(19)20)23(24,25)26/h2-7,12,14-15,29H,8-11H2,1H3,(H,27,28)(H,30,33)/t14-,15+. The first-order chi connectivity index (χ1) is 15.8. The van der Waals surface area contributed by atoms with Crippen molar-refractivity contribution >= 4 is 28.4 Å². The fraction of sp³-hybridized carbons (Fsp3) is 0.348. The molecule has 33 heavy (non-hydrogen) atoms. The van der Waals surface area contributed by atoms with Crippen LogP contribution in [-0.2, 0) is 6.18 Å². The molecule has 1 aromatic carbocycles. The number of hydrogen-bond acceptors (Lipinski definition) is 4. The number of imidazole rings is 2. The van der Waals surface area contributed by atoms with Gasteiger partial charge in [-0.25, -0.2) is 9.97 Å². The molecule has 4 aromatic rings. The van der Waals surface area contributed by atoms with Crippen LogP contribution in [0.25, 0.3) is 16.7 Å². The lowest BCUT2D eigenvalue weighted by molar-refractivity contribution is -0.140. The summed E-state index contributed by atoms with van der Waals surface area (Å²) < 4.78 is 40.5. The van der Waals surface area contributed by atoms with Gasteiger partial charge in [0.15, 0.2) is 5.69 Å². The molecule has 0 unspecified atom stereocenters. The van der Waals surface area contributed by atoms with E-state index in [0.717, 1.165) is 48.7 Å². The van der Waals surface area contributed by atoms with E-state index in [4.69, 9.17) is 0 Å². The third-order valence-electron chi connectivity index (χ3n) is 6.08. The van der Waals surface area contributed by atoms with Crippen molar-refractivity contribution in [1.29, 1.82) is 0 Å². The van der Waals surface area contributed by atoms with Crippen LogP contribution < -0.4 is 10.6 Å². The largest absolute Gasteiger partial charge is 0.434 e. The number of nitrogens with zero attached hydrogens (tertiary/aromatic N) is 3. The highest BCUT2D eigenvalue weighted by molar-refractivity contribution is 6.05. The Morgan fingerprint density at radius 2 is 1.79 bits per heavy atom. The summed E-state index contributed by atoms with van der Waals surface area (Å²) in [4.78, 5) is 24.1. The molecule has 1 saturated carbocycles. The van der Waals surface area contributed by atoms with Gasteiger partial charge < -0.3 is 15.6 Å². The van der Waals surface area contributed by atoms with E-state index in [0.29, 0.717) is 11.4 Å². The Morgan fingerprint density at radius 1 is 1.06 bits per heavy atom. The number of aryl methyl sites for hydroxylation is 1. The molecule has 1 amide bonds. The van der Waals surface area contributed by atoms with Crippen LogP contribution in [0, 0.1) is 6.92 Å². The number of hydrogen-bond donors (Lipinski definition) is 3. The topological polar surface area (TPSA) is 87.1 Å². The number of carbonyl (C=O) groups excluding carboxylic acids is 1. The van der Waals surface area contributed by atoms with Gasteiger partial charge in [-0.05, 0) is 56.9 Å². The zero-order valence-corrected chi connectivity index (χ0v) is 17.9. The van der Waals surface area contributed by atoms with Crippen molar-refractivity contribution in [2.24, 2.45) is 0 Å². The Balaban J connectivity index is 1.23. The lowest BCUT2D eigenvalue weighted by atomic mass is 9.91. The number of H-pyrrole nitrogens is 1. The molecule has 0 atom stereocenters. The highest BCUT2D eigenvalue weighted by atomic mass is 19.4. The maximum atomic E-state index is 13.0. The van der Waals surface area contributed by atoms with Crippen LogP contribution in [0.4, 0.5) is 19.0 Å². The van der Waals surface area contributed by atoms with Gasteiger partial charge in [0.05, 0.1) is 16.6 Å². The Morgan fingerprint density at radius 3 is 2.55 bits per heavy atom. The molecule has 0 spiro atoms. The molecule has 1 fully saturated rings. The van der Waals surface area contributed by atoms with E-state index in [2.05, 4.69) is 25.6 Å². The van der Waals surface area contributed by atoms with E-state index in [1.165, 1.54) is 4.40 Å². The number of nitrogens with one attached hydrogen (secondary N) is 3. The summed E-state index contributed by atoms with van der Waals surface area (Å²) in [5.74, 6) is 1.19. The van der Waals surface area contributed by atoms with Crippen LogP contribution in [0.2, 0.25) is 0 Å². The van der Waals surface area contributed by atoms with Crippen molar-refractivity contribution in [2.45, 2.75) is 50.9 Å². The fourth-order valence-corrected chi connectivity index (χ4v) is 4.46. The number of carbonyl (C=O) groups is 1. The first-order valence-electron chi connectivity index (χ1n) is 10.9. The molecule has 10 heteroatoms. The van der Waals surface area contributed by atoms with E-state index in [1.54, 1.807) is 24.3 Å². The summed E-state index contributed by atoms with van der Waals surface area (Å²) in [7, 11) is 0. The van der Waals surface area contributed by atoms with Crippen LogP contribution >= 0.6 is 0 Å². The number of anilines is 1. The summed E-state index contributed by atoms with van der Waals surface area (Å²) in [6.07, 6.45) is -0.352. The molecule has 3 N–H and O–H groups in total. The number of halogens is 3. The zero-order valence-electron chi connectivity index (χ0n) is 17.9. The van der Waals surface area contributed by atoms with Crippen molar-refractivity contribution < 1.29 is 18.0 Å². The van der Waals surface area contributed by atoms with Gasteiger partial charge in [0.2, 0.25) is 0 Å². The maximum absolute atomic E-state index is 13.0. The summed E-state index contributed by atoms with van der Waals surface area (Å²) in [6.45, 7) is 1.85. The number of aromatic nitrogens is 4. The number of pyridine rings is 1. The predicted octanol–water partition coefficient (Wildman–Crippen LogP) is 4.69. The van der Waals surface area contributed by atoms with Gasteiger partial charge in [-0.1, -0.05) is 12.1 Å². The molecule has 3 heterocycles. The van der Waals surface area contributed by atoms with Gasteiger partial charge in [0.1, 0.15) is 17.3 Å². The SMILES string of the molecule is Cc1nc2cccc(C(=O)N[C@H]3CC[C@@H](Nc4cccc5nc(C(F)(F)F)cn45)CC3)c2[nH]1. The van der Waals surface area contributed by atoms with Gasteiger partial charge in [0.25, 0.3) is 5.91 Å². The number of amides is 1. The minimum Gasteiger partial charge on any atom is -0.368 e. The average molecular weight is 456 g/mol. The fourth-order valence-electron chi connectivity index (χ4n) is 4.46. The number of rotatable bonds is 4. The lowest BCUT2D eigenvalue weighted by Gasteiger charge is -2.30. The molecule has 0 bridgehead atoms. The maximum Gasteiger partial charge on any atom is 0.434 e. The predicted molar refractivity (Wildman–Crippen MR) is 118 cm³/mol. The minimum atomic E-state index is -4.49.